The number of ether oxygens (including phenoxy) is 2. The van der Waals surface area contributed by atoms with E-state index in [9.17, 15) is 9.59 Å². The lowest BCUT2D eigenvalue weighted by Gasteiger charge is -2.19. The number of carbonyl (C=O) groups is 2. The van der Waals surface area contributed by atoms with E-state index < -0.39 is 24.1 Å². The van der Waals surface area contributed by atoms with Crippen LogP contribution < -0.4 is 5.73 Å². The summed E-state index contributed by atoms with van der Waals surface area (Å²) in [7, 11) is 1.25. The van der Waals surface area contributed by atoms with Crippen LogP contribution in [-0.2, 0) is 19.1 Å². The van der Waals surface area contributed by atoms with E-state index in [1.807, 2.05) is 0 Å². The smallest absolute Gasteiger partial charge is 0.347 e. The molecule has 15 heavy (non-hydrogen) atoms. The molecule has 0 aromatic rings. The Balaban J connectivity index is 0. The summed E-state index contributed by atoms with van der Waals surface area (Å²) in [6.07, 6.45) is -0.876. The van der Waals surface area contributed by atoms with Gasteiger partial charge in [0, 0.05) is 5.92 Å². The summed E-state index contributed by atoms with van der Waals surface area (Å²) < 4.78 is 9.38. The van der Waals surface area contributed by atoms with Gasteiger partial charge in [0.25, 0.3) is 0 Å². The molecule has 0 saturated heterocycles. The van der Waals surface area contributed by atoms with Gasteiger partial charge in [-0.05, 0) is 6.92 Å². The van der Waals surface area contributed by atoms with Gasteiger partial charge in [-0.25, -0.2) is 4.79 Å². The molecular weight excluding hydrogens is 222 g/mol. The molecule has 2 atom stereocenters. The molecule has 0 fully saturated rings. The topological polar surface area (TPSA) is 78.6 Å². The van der Waals surface area contributed by atoms with Gasteiger partial charge in [-0.15, -0.1) is 12.4 Å². The highest BCUT2D eigenvalue weighted by molar-refractivity contribution is 5.85. The van der Waals surface area contributed by atoms with E-state index in [1.165, 1.54) is 14.0 Å². The van der Waals surface area contributed by atoms with E-state index in [0.29, 0.717) is 0 Å². The molecule has 0 saturated carbocycles. The van der Waals surface area contributed by atoms with E-state index in [1.54, 1.807) is 13.8 Å². The van der Waals surface area contributed by atoms with Gasteiger partial charge in [-0.3, -0.25) is 4.79 Å². The predicted octanol–water partition coefficient (Wildman–Crippen LogP) is 0.496. The highest BCUT2D eigenvalue weighted by atomic mass is 35.5. The van der Waals surface area contributed by atoms with E-state index in [-0.39, 0.29) is 18.3 Å². The SMILES string of the molecule is COC(=O)[C@@H](OC(=O)C(C)N)C(C)C.Cl. The standard InChI is InChI=1S/C9H17NO4.ClH/c1-5(2)7(9(12)13-4)14-8(11)6(3)10;/h5-7H,10H2,1-4H3;1H/t6?,7-;/m0./s1. The molecule has 0 amide bonds. The minimum absolute atomic E-state index is 0. The minimum atomic E-state index is -0.876. The van der Waals surface area contributed by atoms with E-state index in [2.05, 4.69) is 4.74 Å². The summed E-state index contributed by atoms with van der Waals surface area (Å²) in [5.41, 5.74) is 5.30. The molecule has 0 aliphatic carbocycles. The van der Waals surface area contributed by atoms with E-state index in [4.69, 9.17) is 10.5 Å². The fourth-order valence-electron chi connectivity index (χ4n) is 0.805. The Morgan fingerprint density at radius 1 is 1.13 bits per heavy atom. The Kier molecular flexibility index (Phi) is 8.28. The third-order valence-electron chi connectivity index (χ3n) is 1.65. The molecule has 1 unspecified atom stereocenters. The van der Waals surface area contributed by atoms with Crippen molar-refractivity contribution < 1.29 is 19.1 Å². The maximum atomic E-state index is 11.2. The van der Waals surface area contributed by atoms with Gasteiger partial charge in [0.2, 0.25) is 6.10 Å². The van der Waals surface area contributed by atoms with Crippen LogP contribution in [0.25, 0.3) is 0 Å². The number of nitrogens with two attached hydrogens (primary N) is 1. The third kappa shape index (κ3) is 5.59. The second-order valence-electron chi connectivity index (χ2n) is 3.41. The summed E-state index contributed by atoms with van der Waals surface area (Å²) in [4.78, 5) is 22.3. The zero-order valence-electron chi connectivity index (χ0n) is 9.35. The van der Waals surface area contributed by atoms with Gasteiger partial charge in [0.15, 0.2) is 0 Å². The van der Waals surface area contributed by atoms with Crippen molar-refractivity contribution in [3.63, 3.8) is 0 Å². The number of hydrogen-bond acceptors (Lipinski definition) is 5. The second kappa shape index (κ2) is 7.48. The second-order valence-corrected chi connectivity index (χ2v) is 3.41. The van der Waals surface area contributed by atoms with Crippen LogP contribution in [-0.4, -0.2) is 31.2 Å². The molecule has 0 aromatic carbocycles. The maximum absolute atomic E-state index is 11.2. The van der Waals surface area contributed by atoms with Gasteiger partial charge < -0.3 is 15.2 Å². The van der Waals surface area contributed by atoms with Crippen LogP contribution in [0.15, 0.2) is 0 Å². The Labute approximate surface area is 95.7 Å². The molecule has 0 aliphatic rings. The molecule has 5 nitrogen and oxygen atoms in total. The van der Waals surface area contributed by atoms with Crippen molar-refractivity contribution in [1.82, 2.24) is 0 Å². The van der Waals surface area contributed by atoms with Crippen molar-refractivity contribution in [2.75, 3.05) is 7.11 Å². The van der Waals surface area contributed by atoms with Crippen LogP contribution in [0.3, 0.4) is 0 Å². The van der Waals surface area contributed by atoms with E-state index in [0.717, 1.165) is 0 Å². The highest BCUT2D eigenvalue weighted by Crippen LogP contribution is 2.09. The highest BCUT2D eigenvalue weighted by Gasteiger charge is 2.28. The summed E-state index contributed by atoms with van der Waals surface area (Å²) >= 11 is 0. The monoisotopic (exact) mass is 239 g/mol. The molecule has 0 heterocycles. The van der Waals surface area contributed by atoms with Gasteiger partial charge in [-0.2, -0.15) is 0 Å². The number of halogens is 1. The Morgan fingerprint density at radius 2 is 1.60 bits per heavy atom. The fourth-order valence-corrected chi connectivity index (χ4v) is 0.805. The first-order valence-corrected chi connectivity index (χ1v) is 4.44. The average molecular weight is 240 g/mol. The van der Waals surface area contributed by atoms with Gasteiger partial charge >= 0.3 is 11.9 Å². The molecule has 0 bridgehead atoms. The molecule has 6 heteroatoms. The van der Waals surface area contributed by atoms with Gasteiger partial charge in [-0.1, -0.05) is 13.8 Å². The molecule has 0 aliphatic heterocycles. The van der Waals surface area contributed by atoms with Gasteiger partial charge in [0.1, 0.15) is 6.04 Å². The van der Waals surface area contributed by atoms with Crippen LogP contribution in [0, 0.1) is 5.92 Å². The summed E-state index contributed by atoms with van der Waals surface area (Å²) in [6, 6.07) is -0.735. The predicted molar refractivity (Wildman–Crippen MR) is 57.6 cm³/mol. The zero-order chi connectivity index (χ0) is 11.3. The van der Waals surface area contributed by atoms with Crippen LogP contribution in [0.5, 0.6) is 0 Å². The average Bonchev–Trinajstić information content (AvgIpc) is 2.11. The molecule has 0 radical (unpaired) electrons. The van der Waals surface area contributed by atoms with Crippen molar-refractivity contribution in [1.29, 1.82) is 0 Å². The molecule has 90 valence electrons. The number of esters is 2. The Morgan fingerprint density at radius 3 is 1.87 bits per heavy atom. The fraction of sp³-hybridized carbons (Fsp3) is 0.778. The Bertz CT molecular complexity index is 218. The first-order chi connectivity index (χ1) is 6.40. The zero-order valence-corrected chi connectivity index (χ0v) is 10.2. The lowest BCUT2D eigenvalue weighted by atomic mass is 10.1. The van der Waals surface area contributed by atoms with Crippen LogP contribution >= 0.6 is 12.4 Å². The van der Waals surface area contributed by atoms with Crippen LogP contribution in [0.2, 0.25) is 0 Å². The summed E-state index contributed by atoms with van der Waals surface area (Å²) in [5, 5.41) is 0. The lowest BCUT2D eigenvalue weighted by Crippen LogP contribution is -2.38. The third-order valence-corrected chi connectivity index (χ3v) is 1.65. The molecule has 0 spiro atoms. The first kappa shape index (κ1) is 16.6. The number of rotatable bonds is 4. The van der Waals surface area contributed by atoms with Crippen molar-refractivity contribution >= 4 is 24.3 Å². The Hall–Kier alpha value is -0.810. The first-order valence-electron chi connectivity index (χ1n) is 4.44. The number of methoxy groups -OCH3 is 1. The molecule has 0 aromatic heterocycles. The van der Waals surface area contributed by atoms with Gasteiger partial charge in [0.05, 0.1) is 7.11 Å². The maximum Gasteiger partial charge on any atom is 0.347 e. The van der Waals surface area contributed by atoms with Crippen molar-refractivity contribution in [3.8, 4) is 0 Å². The van der Waals surface area contributed by atoms with Crippen molar-refractivity contribution in [2.24, 2.45) is 11.7 Å². The van der Waals surface area contributed by atoms with E-state index >= 15 is 0 Å². The quantitative estimate of drug-likeness (QED) is 0.723. The minimum Gasteiger partial charge on any atom is -0.466 e. The largest absolute Gasteiger partial charge is 0.466 e. The molecule has 0 rings (SSSR count). The number of carbonyl (C=O) groups excluding carboxylic acids is 2. The van der Waals surface area contributed by atoms with Crippen molar-refractivity contribution in [2.45, 2.75) is 32.9 Å². The van der Waals surface area contributed by atoms with Crippen molar-refractivity contribution in [3.05, 3.63) is 0 Å². The normalized spacial score (nSPS) is 13.7. The molecular formula is C9H18ClNO4. The van der Waals surface area contributed by atoms with Crippen LogP contribution in [0.1, 0.15) is 20.8 Å². The molecule has 2 N–H and O–H groups in total. The number of hydrogen-bond donors (Lipinski definition) is 1. The van der Waals surface area contributed by atoms with Crippen LogP contribution in [0.4, 0.5) is 0 Å². The lowest BCUT2D eigenvalue weighted by molar-refractivity contribution is -0.169. The summed E-state index contributed by atoms with van der Waals surface area (Å²) in [5.74, 6) is -1.30. The summed E-state index contributed by atoms with van der Waals surface area (Å²) in [6.45, 7) is 5.02.